The first-order valence-electron chi connectivity index (χ1n) is 10.4. The van der Waals surface area contributed by atoms with E-state index < -0.39 is 11.4 Å². The molecule has 9 heteroatoms. The van der Waals surface area contributed by atoms with Crippen LogP contribution in [0.25, 0.3) is 5.57 Å². The lowest BCUT2D eigenvalue weighted by Crippen LogP contribution is -2.39. The summed E-state index contributed by atoms with van der Waals surface area (Å²) in [5.74, 6) is 1.28. The number of pyridine rings is 2. The topological polar surface area (TPSA) is 120 Å². The smallest absolute Gasteiger partial charge is 0.329 e. The Labute approximate surface area is 187 Å². The fourth-order valence-electron chi connectivity index (χ4n) is 3.34. The van der Waals surface area contributed by atoms with Gasteiger partial charge in [-0.1, -0.05) is 20.8 Å². The van der Waals surface area contributed by atoms with Crippen LogP contribution < -0.4 is 15.4 Å². The molecule has 1 saturated heterocycles. The van der Waals surface area contributed by atoms with Gasteiger partial charge in [-0.25, -0.2) is 9.78 Å². The number of carbonyl (C=O) groups is 2. The summed E-state index contributed by atoms with van der Waals surface area (Å²) in [6.45, 7) is 6.01. The van der Waals surface area contributed by atoms with E-state index >= 15 is 0 Å². The molecule has 3 heterocycles. The minimum absolute atomic E-state index is 0.184. The number of ether oxygens (including phenoxy) is 1. The van der Waals surface area contributed by atoms with Crippen LogP contribution in [0.5, 0.6) is 11.5 Å². The highest BCUT2D eigenvalue weighted by molar-refractivity contribution is 6.07. The van der Waals surface area contributed by atoms with Gasteiger partial charge < -0.3 is 15.5 Å². The first kappa shape index (κ1) is 22.9. The Kier molecular flexibility index (Phi) is 6.87. The van der Waals surface area contributed by atoms with Crippen molar-refractivity contribution in [2.45, 2.75) is 33.6 Å². The second-order valence-electron chi connectivity index (χ2n) is 8.03. The van der Waals surface area contributed by atoms with E-state index in [1.165, 1.54) is 11.1 Å². The molecule has 1 aliphatic heterocycles. The molecule has 0 bridgehead atoms. The van der Waals surface area contributed by atoms with Gasteiger partial charge >= 0.3 is 6.03 Å². The molecule has 0 saturated carbocycles. The summed E-state index contributed by atoms with van der Waals surface area (Å²) in [6.07, 6.45) is 5.72. The molecule has 0 unspecified atom stereocenters. The Bertz CT molecular complexity index is 1060. The molecule has 0 spiro atoms. The molecule has 0 atom stereocenters. The minimum Gasteiger partial charge on any atom is -0.455 e. The number of carbonyl (C=O) groups excluding carboxylic acids is 2. The highest BCUT2D eigenvalue weighted by Crippen LogP contribution is 2.31. The number of hydrogen-bond donors (Lipinski definition) is 3. The van der Waals surface area contributed by atoms with Crippen molar-refractivity contribution in [1.82, 2.24) is 20.2 Å². The molecule has 3 amide bonds. The molecule has 3 N–H and O–H groups in total. The van der Waals surface area contributed by atoms with Crippen molar-refractivity contribution in [3.63, 3.8) is 0 Å². The van der Waals surface area contributed by atoms with Crippen LogP contribution in [0, 0.1) is 10.8 Å². The number of rotatable bonds is 7. The zero-order chi connectivity index (χ0) is 23.3. The van der Waals surface area contributed by atoms with Crippen LogP contribution in [-0.4, -0.2) is 46.6 Å². The first-order valence-corrected chi connectivity index (χ1v) is 10.4. The van der Waals surface area contributed by atoms with Crippen LogP contribution >= 0.6 is 0 Å². The van der Waals surface area contributed by atoms with E-state index in [0.29, 0.717) is 53.7 Å². The summed E-state index contributed by atoms with van der Waals surface area (Å²) in [6, 6.07) is 6.37. The third kappa shape index (κ3) is 4.93. The van der Waals surface area contributed by atoms with E-state index in [1.54, 1.807) is 43.7 Å². The number of nitrogens with one attached hydrogen (secondary N) is 3. The maximum Gasteiger partial charge on any atom is 0.329 e. The van der Waals surface area contributed by atoms with E-state index in [0.717, 1.165) is 0 Å². The van der Waals surface area contributed by atoms with Crippen molar-refractivity contribution in [2.75, 3.05) is 18.9 Å². The molecule has 1 fully saturated rings. The minimum atomic E-state index is -0.527. The van der Waals surface area contributed by atoms with Crippen LogP contribution in [0.4, 0.5) is 10.6 Å². The molecule has 0 aliphatic carbocycles. The van der Waals surface area contributed by atoms with Crippen LogP contribution in [-0.2, 0) is 11.2 Å². The monoisotopic (exact) mass is 436 g/mol. The van der Waals surface area contributed by atoms with Crippen molar-refractivity contribution in [2.24, 2.45) is 5.41 Å². The fraction of sp³-hybridized carbons (Fsp3) is 0.348. The van der Waals surface area contributed by atoms with Crippen LogP contribution in [0.3, 0.4) is 0 Å². The summed E-state index contributed by atoms with van der Waals surface area (Å²) >= 11 is 0. The van der Waals surface area contributed by atoms with Gasteiger partial charge in [0.15, 0.2) is 0 Å². The molecule has 9 nitrogen and oxygen atoms in total. The maximum atomic E-state index is 12.6. The van der Waals surface area contributed by atoms with Gasteiger partial charge in [-0.2, -0.15) is 0 Å². The summed E-state index contributed by atoms with van der Waals surface area (Å²) in [5, 5.41) is 13.2. The molecule has 0 radical (unpaired) electrons. The normalized spacial score (nSPS) is 15.4. The van der Waals surface area contributed by atoms with Gasteiger partial charge in [0.2, 0.25) is 5.91 Å². The summed E-state index contributed by atoms with van der Waals surface area (Å²) in [5.41, 5.74) is 1.34. The predicted octanol–water partition coefficient (Wildman–Crippen LogP) is 3.83. The molecule has 32 heavy (non-hydrogen) atoms. The number of imide groups is 1. The van der Waals surface area contributed by atoms with Crippen LogP contribution in [0.1, 0.15) is 38.6 Å². The molecule has 168 valence electrons. The van der Waals surface area contributed by atoms with E-state index in [9.17, 15) is 9.59 Å². The van der Waals surface area contributed by atoms with Gasteiger partial charge in [-0.3, -0.25) is 20.0 Å². The number of amides is 3. The maximum absolute atomic E-state index is 12.6. The second kappa shape index (κ2) is 9.59. The quantitative estimate of drug-likeness (QED) is 0.567. The highest BCUT2D eigenvalue weighted by atomic mass is 16.5. The lowest BCUT2D eigenvalue weighted by atomic mass is 9.92. The van der Waals surface area contributed by atoms with E-state index in [2.05, 4.69) is 20.6 Å². The Balaban J connectivity index is 1.76. The molecular weight excluding hydrogens is 408 g/mol. The molecule has 2 aromatic heterocycles. The van der Waals surface area contributed by atoms with Gasteiger partial charge in [0, 0.05) is 49.3 Å². The van der Waals surface area contributed by atoms with E-state index in [-0.39, 0.29) is 5.91 Å². The number of urea groups is 1. The number of allylic oxidation sites excluding steroid dienone is 1. The van der Waals surface area contributed by atoms with Gasteiger partial charge in [-0.15, -0.1) is 0 Å². The van der Waals surface area contributed by atoms with Crippen molar-refractivity contribution in [3.8, 4) is 11.5 Å². The molecular formula is C23H28N6O3. The van der Waals surface area contributed by atoms with Crippen molar-refractivity contribution >= 4 is 29.5 Å². The highest BCUT2D eigenvalue weighted by Gasteiger charge is 2.41. The molecule has 1 aliphatic rings. The summed E-state index contributed by atoms with van der Waals surface area (Å²) in [4.78, 5) is 34.9. The van der Waals surface area contributed by atoms with Crippen LogP contribution in [0.2, 0.25) is 0 Å². The standard InChI is InChI=1S/C23H28N6O3/c1-5-17-19(32-16-8-10-26-18(12-16)15(13-24)14-25-4)6-7-20(27-17)28-22(31)29-11-9-23(2,3)21(29)30/h6-8,10,12-14,24-25H,5,9,11H2,1-4H3,(H,27,28,31)/b15-14+,24-13?. The number of anilines is 1. The van der Waals surface area contributed by atoms with Crippen molar-refractivity contribution in [1.29, 1.82) is 5.41 Å². The summed E-state index contributed by atoms with van der Waals surface area (Å²) < 4.78 is 6.02. The number of nitrogens with zero attached hydrogens (tertiary/aromatic N) is 3. The number of aromatic nitrogens is 2. The van der Waals surface area contributed by atoms with Gasteiger partial charge in [0.05, 0.1) is 11.4 Å². The zero-order valence-electron chi connectivity index (χ0n) is 18.7. The second-order valence-corrected chi connectivity index (χ2v) is 8.03. The third-order valence-corrected chi connectivity index (χ3v) is 5.24. The van der Waals surface area contributed by atoms with Gasteiger partial charge in [-0.05, 0) is 31.0 Å². The summed E-state index contributed by atoms with van der Waals surface area (Å²) in [7, 11) is 1.75. The molecule has 0 aromatic carbocycles. The Morgan fingerprint density at radius 1 is 1.34 bits per heavy atom. The fourth-order valence-corrected chi connectivity index (χ4v) is 3.34. The lowest BCUT2D eigenvalue weighted by molar-refractivity contribution is -0.131. The SMILES string of the molecule is CCc1nc(NC(=O)N2CCC(C)(C)C2=O)ccc1Oc1ccnc(/C(C=N)=C/NC)c1. The Morgan fingerprint density at radius 2 is 2.12 bits per heavy atom. The average Bonchev–Trinajstić information content (AvgIpc) is 3.05. The predicted molar refractivity (Wildman–Crippen MR) is 123 cm³/mol. The van der Waals surface area contributed by atoms with E-state index in [1.807, 2.05) is 20.8 Å². The molecule has 3 rings (SSSR count). The number of likely N-dealkylation sites (tertiary alicyclic amines) is 1. The number of aryl methyl sites for hydroxylation is 1. The lowest BCUT2D eigenvalue weighted by Gasteiger charge is -2.18. The first-order chi connectivity index (χ1) is 15.3. The molecule has 2 aromatic rings. The van der Waals surface area contributed by atoms with Crippen molar-refractivity contribution in [3.05, 3.63) is 48.1 Å². The average molecular weight is 437 g/mol. The Morgan fingerprint density at radius 3 is 2.75 bits per heavy atom. The van der Waals surface area contributed by atoms with Gasteiger partial charge in [0.1, 0.15) is 17.3 Å². The third-order valence-electron chi connectivity index (χ3n) is 5.24. The zero-order valence-corrected chi connectivity index (χ0v) is 18.7. The Hall–Kier alpha value is -3.75. The van der Waals surface area contributed by atoms with Crippen LogP contribution in [0.15, 0.2) is 36.7 Å². The van der Waals surface area contributed by atoms with E-state index in [4.69, 9.17) is 10.1 Å². The van der Waals surface area contributed by atoms with Crippen molar-refractivity contribution < 1.29 is 14.3 Å². The number of hydrogen-bond acceptors (Lipinski definition) is 7. The van der Waals surface area contributed by atoms with Gasteiger partial charge in [0.25, 0.3) is 0 Å². The largest absolute Gasteiger partial charge is 0.455 e.